The summed E-state index contributed by atoms with van der Waals surface area (Å²) in [5.41, 5.74) is 0.622. The van der Waals surface area contributed by atoms with Crippen molar-refractivity contribution in [2.45, 2.75) is 25.1 Å². The Balaban J connectivity index is 1.37. The summed E-state index contributed by atoms with van der Waals surface area (Å²) >= 11 is 0. The Morgan fingerprint density at radius 3 is 2.86 bits per heavy atom. The molecule has 5 rings (SSSR count). The number of pyridine rings is 1. The zero-order valence-electron chi connectivity index (χ0n) is 18.9. The van der Waals surface area contributed by atoms with E-state index in [1.807, 2.05) is 12.1 Å². The van der Waals surface area contributed by atoms with Gasteiger partial charge in [0.05, 0.1) is 28.9 Å². The van der Waals surface area contributed by atoms with E-state index in [1.165, 1.54) is 18.3 Å². The fourth-order valence-electron chi connectivity index (χ4n) is 3.92. The number of carbonyl (C=O) groups is 1. The van der Waals surface area contributed by atoms with Gasteiger partial charge in [-0.2, -0.15) is 18.3 Å². The van der Waals surface area contributed by atoms with Crippen LogP contribution >= 0.6 is 0 Å². The Kier molecular flexibility index (Phi) is 6.47. The van der Waals surface area contributed by atoms with E-state index in [0.717, 1.165) is 35.9 Å². The summed E-state index contributed by atoms with van der Waals surface area (Å²) < 4.78 is 51.6. The maximum atomic E-state index is 13.5. The minimum atomic E-state index is -4.62. The molecule has 186 valence electrons. The van der Waals surface area contributed by atoms with Gasteiger partial charge in [0, 0.05) is 35.6 Å². The number of alkyl halides is 3. The zero-order chi connectivity index (χ0) is 25.1. The third-order valence-corrected chi connectivity index (χ3v) is 5.71. The standard InChI is InChI=1S/C25H22F3N5O3/c26-25(27,28)16-9-18(11-20(10-16)36-14-19-3-2-8-35-19)32-24(34)21-4-1-7-29-23(21)31-17-6-5-15-13-30-33-22(15)12-17/h1,4-7,9-13,19H,2-3,8,14H2,(H,29,31)(H,30,33)(H,32,34)/t19-/m0/s1. The number of fused-ring (bicyclic) bond motifs is 1. The molecule has 8 nitrogen and oxygen atoms in total. The largest absolute Gasteiger partial charge is 0.491 e. The van der Waals surface area contributed by atoms with Crippen LogP contribution < -0.4 is 15.4 Å². The number of ether oxygens (including phenoxy) is 2. The van der Waals surface area contributed by atoms with Crippen molar-refractivity contribution in [2.75, 3.05) is 23.8 Å². The molecular formula is C25H22F3N5O3. The van der Waals surface area contributed by atoms with Gasteiger partial charge in [0.2, 0.25) is 0 Å². The van der Waals surface area contributed by atoms with E-state index in [9.17, 15) is 18.0 Å². The first-order valence-electron chi connectivity index (χ1n) is 11.3. The highest BCUT2D eigenvalue weighted by atomic mass is 19.4. The molecule has 1 fully saturated rings. The second-order valence-electron chi connectivity index (χ2n) is 8.34. The topological polar surface area (TPSA) is 101 Å². The molecule has 1 atom stereocenters. The Morgan fingerprint density at radius 2 is 2.06 bits per heavy atom. The highest BCUT2D eigenvalue weighted by Crippen LogP contribution is 2.35. The number of nitrogens with one attached hydrogen (secondary N) is 3. The van der Waals surface area contributed by atoms with Gasteiger partial charge < -0.3 is 20.1 Å². The number of aromatic amines is 1. The normalized spacial score (nSPS) is 15.7. The molecule has 0 bridgehead atoms. The molecule has 0 aliphatic carbocycles. The molecule has 1 amide bonds. The van der Waals surface area contributed by atoms with Crippen molar-refractivity contribution in [1.82, 2.24) is 15.2 Å². The van der Waals surface area contributed by atoms with Crippen LogP contribution in [0.2, 0.25) is 0 Å². The molecule has 0 spiro atoms. The molecule has 4 aromatic rings. The molecule has 3 N–H and O–H groups in total. The number of halogens is 3. The second-order valence-corrected chi connectivity index (χ2v) is 8.34. The first kappa shape index (κ1) is 23.6. The number of H-pyrrole nitrogens is 1. The Labute approximate surface area is 203 Å². The Hall–Kier alpha value is -4.12. The molecular weight excluding hydrogens is 475 g/mol. The maximum absolute atomic E-state index is 13.5. The van der Waals surface area contributed by atoms with Crippen molar-refractivity contribution in [3.63, 3.8) is 0 Å². The van der Waals surface area contributed by atoms with Crippen molar-refractivity contribution in [3.8, 4) is 5.75 Å². The van der Waals surface area contributed by atoms with Gasteiger partial charge in [0.25, 0.3) is 5.91 Å². The predicted molar refractivity (Wildman–Crippen MR) is 127 cm³/mol. The van der Waals surface area contributed by atoms with Crippen LogP contribution in [0.3, 0.4) is 0 Å². The highest BCUT2D eigenvalue weighted by molar-refractivity contribution is 6.08. The van der Waals surface area contributed by atoms with E-state index in [1.54, 1.807) is 18.3 Å². The lowest BCUT2D eigenvalue weighted by Crippen LogP contribution is -2.18. The summed E-state index contributed by atoms with van der Waals surface area (Å²) in [6.45, 7) is 0.737. The van der Waals surface area contributed by atoms with Gasteiger partial charge >= 0.3 is 6.18 Å². The van der Waals surface area contributed by atoms with E-state index in [0.29, 0.717) is 12.3 Å². The van der Waals surface area contributed by atoms with E-state index in [4.69, 9.17) is 9.47 Å². The summed E-state index contributed by atoms with van der Waals surface area (Å²) in [5.74, 6) is -0.388. The molecule has 1 aliphatic rings. The maximum Gasteiger partial charge on any atom is 0.416 e. The number of nitrogens with zero attached hydrogens (tertiary/aromatic N) is 2. The second kappa shape index (κ2) is 9.86. The Morgan fingerprint density at radius 1 is 1.17 bits per heavy atom. The number of benzene rings is 2. The van der Waals surface area contributed by atoms with Crippen LogP contribution in [-0.4, -0.2) is 40.4 Å². The number of carbonyl (C=O) groups excluding carboxylic acids is 1. The van der Waals surface area contributed by atoms with Crippen molar-refractivity contribution in [3.05, 3.63) is 72.1 Å². The smallest absolute Gasteiger partial charge is 0.416 e. The van der Waals surface area contributed by atoms with Gasteiger partial charge in [-0.05, 0) is 55.3 Å². The average molecular weight is 497 g/mol. The molecule has 2 aromatic heterocycles. The molecule has 0 unspecified atom stereocenters. The zero-order valence-corrected chi connectivity index (χ0v) is 18.9. The number of rotatable bonds is 7. The molecule has 36 heavy (non-hydrogen) atoms. The van der Waals surface area contributed by atoms with Gasteiger partial charge in [-0.3, -0.25) is 9.89 Å². The lowest BCUT2D eigenvalue weighted by Gasteiger charge is -2.16. The van der Waals surface area contributed by atoms with E-state index in [-0.39, 0.29) is 35.5 Å². The lowest BCUT2D eigenvalue weighted by molar-refractivity contribution is -0.137. The monoisotopic (exact) mass is 497 g/mol. The number of amides is 1. The highest BCUT2D eigenvalue weighted by Gasteiger charge is 2.32. The first-order valence-corrected chi connectivity index (χ1v) is 11.3. The van der Waals surface area contributed by atoms with Gasteiger partial charge in [-0.25, -0.2) is 4.98 Å². The predicted octanol–water partition coefficient (Wildman–Crippen LogP) is 5.53. The molecule has 1 aliphatic heterocycles. The number of hydrogen-bond donors (Lipinski definition) is 3. The van der Waals surface area contributed by atoms with Crippen molar-refractivity contribution >= 4 is 34.0 Å². The fourth-order valence-corrected chi connectivity index (χ4v) is 3.92. The van der Waals surface area contributed by atoms with Gasteiger partial charge in [0.1, 0.15) is 18.2 Å². The summed E-state index contributed by atoms with van der Waals surface area (Å²) in [7, 11) is 0. The van der Waals surface area contributed by atoms with Crippen LogP contribution in [0.15, 0.2) is 60.9 Å². The third kappa shape index (κ3) is 5.41. The molecule has 3 heterocycles. The lowest BCUT2D eigenvalue weighted by atomic mass is 10.1. The van der Waals surface area contributed by atoms with Crippen LogP contribution in [0.25, 0.3) is 10.9 Å². The van der Waals surface area contributed by atoms with Crippen LogP contribution in [0.1, 0.15) is 28.8 Å². The SMILES string of the molecule is O=C(Nc1cc(OC[C@@H]2CCCO2)cc(C(F)(F)F)c1)c1cccnc1Nc1ccc2cn[nH]c2c1. The average Bonchev–Trinajstić information content (AvgIpc) is 3.54. The summed E-state index contributed by atoms with van der Waals surface area (Å²) in [6, 6.07) is 11.7. The van der Waals surface area contributed by atoms with Crippen molar-refractivity contribution in [2.24, 2.45) is 0 Å². The van der Waals surface area contributed by atoms with Gasteiger partial charge in [0.15, 0.2) is 0 Å². The summed E-state index contributed by atoms with van der Waals surface area (Å²) in [5, 5.41) is 13.4. The van der Waals surface area contributed by atoms with Gasteiger partial charge in [-0.15, -0.1) is 0 Å². The van der Waals surface area contributed by atoms with E-state index in [2.05, 4.69) is 25.8 Å². The number of aromatic nitrogens is 3. The minimum Gasteiger partial charge on any atom is -0.491 e. The molecule has 2 aromatic carbocycles. The molecule has 1 saturated heterocycles. The Bertz CT molecular complexity index is 1380. The van der Waals surface area contributed by atoms with Crippen LogP contribution in [-0.2, 0) is 10.9 Å². The van der Waals surface area contributed by atoms with E-state index < -0.39 is 17.6 Å². The first-order chi connectivity index (χ1) is 17.3. The molecule has 0 radical (unpaired) electrons. The third-order valence-electron chi connectivity index (χ3n) is 5.71. The van der Waals surface area contributed by atoms with Crippen LogP contribution in [0, 0.1) is 0 Å². The van der Waals surface area contributed by atoms with Crippen molar-refractivity contribution < 1.29 is 27.4 Å². The van der Waals surface area contributed by atoms with Crippen molar-refractivity contribution in [1.29, 1.82) is 0 Å². The van der Waals surface area contributed by atoms with Crippen LogP contribution in [0.5, 0.6) is 5.75 Å². The number of hydrogen-bond acceptors (Lipinski definition) is 6. The van der Waals surface area contributed by atoms with Gasteiger partial charge in [-0.1, -0.05) is 0 Å². The van der Waals surface area contributed by atoms with Crippen LogP contribution in [0.4, 0.5) is 30.4 Å². The van der Waals surface area contributed by atoms with E-state index >= 15 is 0 Å². The minimum absolute atomic E-state index is 0.00646. The molecule has 11 heteroatoms. The fraction of sp³-hybridized carbons (Fsp3) is 0.240. The number of anilines is 3. The molecule has 0 saturated carbocycles. The summed E-state index contributed by atoms with van der Waals surface area (Å²) in [4.78, 5) is 17.3. The summed E-state index contributed by atoms with van der Waals surface area (Å²) in [6.07, 6.45) is 0.0843. The quantitative estimate of drug-likeness (QED) is 0.310.